The third-order valence-electron chi connectivity index (χ3n) is 4.75. The fourth-order valence-electron chi connectivity index (χ4n) is 3.33. The molecule has 1 atom stereocenters. The molecule has 1 unspecified atom stereocenters. The van der Waals surface area contributed by atoms with Crippen molar-refractivity contribution in [1.29, 1.82) is 0 Å². The molecule has 1 aliphatic heterocycles. The first-order valence-electron chi connectivity index (χ1n) is 8.74. The summed E-state index contributed by atoms with van der Waals surface area (Å²) in [5, 5.41) is 10.1. The van der Waals surface area contributed by atoms with Crippen LogP contribution in [0.1, 0.15) is 36.9 Å². The average Bonchev–Trinajstić information content (AvgIpc) is 3.36. The monoisotopic (exact) mass is 357 g/mol. The molecule has 26 heavy (non-hydrogen) atoms. The van der Waals surface area contributed by atoms with E-state index in [4.69, 9.17) is 4.42 Å². The molecule has 1 aromatic carbocycles. The van der Waals surface area contributed by atoms with E-state index in [2.05, 4.69) is 25.4 Å². The Kier molecular flexibility index (Phi) is 4.32. The summed E-state index contributed by atoms with van der Waals surface area (Å²) in [5.41, 5.74) is 3.13. The van der Waals surface area contributed by atoms with Crippen LogP contribution in [0.5, 0.6) is 0 Å². The predicted molar refractivity (Wildman–Crippen MR) is 94.3 cm³/mol. The molecule has 7 nitrogen and oxygen atoms in total. The Morgan fingerprint density at radius 2 is 2.38 bits per heavy atom. The van der Waals surface area contributed by atoms with Crippen molar-refractivity contribution in [2.24, 2.45) is 0 Å². The first-order valence-corrected chi connectivity index (χ1v) is 8.74. The molecular formula is C18H20FN5O2. The molecule has 0 bridgehead atoms. The van der Waals surface area contributed by atoms with E-state index < -0.39 is 0 Å². The number of aromatic amines is 1. The summed E-state index contributed by atoms with van der Waals surface area (Å²) in [4.78, 5) is 17.9. The summed E-state index contributed by atoms with van der Waals surface area (Å²) in [6.07, 6.45) is 3.14. The molecule has 0 radical (unpaired) electrons. The lowest BCUT2D eigenvalue weighted by molar-refractivity contribution is -0.120. The van der Waals surface area contributed by atoms with Gasteiger partial charge < -0.3 is 14.6 Å². The number of nitrogens with zero attached hydrogens (tertiary/aromatic N) is 3. The van der Waals surface area contributed by atoms with Gasteiger partial charge in [-0.3, -0.25) is 9.89 Å². The second-order valence-corrected chi connectivity index (χ2v) is 6.48. The van der Waals surface area contributed by atoms with E-state index >= 15 is 0 Å². The van der Waals surface area contributed by atoms with E-state index in [-0.39, 0.29) is 17.6 Å². The van der Waals surface area contributed by atoms with Gasteiger partial charge in [0.25, 0.3) is 6.01 Å². The number of halogens is 1. The Hall–Kier alpha value is -2.90. The van der Waals surface area contributed by atoms with Crippen molar-refractivity contribution in [3.05, 3.63) is 41.5 Å². The molecule has 3 heterocycles. The van der Waals surface area contributed by atoms with Crippen molar-refractivity contribution in [2.75, 3.05) is 18.0 Å². The number of anilines is 1. The Balaban J connectivity index is 1.48. The minimum Gasteiger partial charge on any atom is -0.423 e. The Morgan fingerprint density at radius 3 is 3.23 bits per heavy atom. The van der Waals surface area contributed by atoms with Crippen molar-refractivity contribution in [2.45, 2.75) is 32.2 Å². The number of hydrogen-bond donors (Lipinski definition) is 2. The fraction of sp³-hybridized carbons (Fsp3) is 0.389. The highest BCUT2D eigenvalue weighted by atomic mass is 19.1. The third-order valence-corrected chi connectivity index (χ3v) is 4.75. The number of nitrogens with one attached hydrogen (secondary N) is 2. The highest BCUT2D eigenvalue weighted by Gasteiger charge is 2.29. The van der Waals surface area contributed by atoms with Crippen molar-refractivity contribution in [3.63, 3.8) is 0 Å². The van der Waals surface area contributed by atoms with Crippen LogP contribution in [0, 0.1) is 5.82 Å². The number of oxazole rings is 1. The van der Waals surface area contributed by atoms with Crippen molar-refractivity contribution < 1.29 is 13.6 Å². The number of amides is 1. The second kappa shape index (κ2) is 6.78. The summed E-state index contributed by atoms with van der Waals surface area (Å²) in [6, 6.07) is 4.84. The highest BCUT2D eigenvalue weighted by Crippen LogP contribution is 2.32. The van der Waals surface area contributed by atoms with E-state index in [1.165, 1.54) is 12.1 Å². The molecule has 1 fully saturated rings. The third kappa shape index (κ3) is 3.14. The maximum absolute atomic E-state index is 13.3. The van der Waals surface area contributed by atoms with Crippen LogP contribution in [0.25, 0.3) is 11.1 Å². The molecule has 3 aromatic rings. The zero-order valence-electron chi connectivity index (χ0n) is 14.5. The van der Waals surface area contributed by atoms with Crippen LogP contribution in [0.2, 0.25) is 0 Å². The van der Waals surface area contributed by atoms with Crippen LogP contribution in [0.3, 0.4) is 0 Å². The standard InChI is InChI=1S/C18H20FN5O2/c1-2-16(25)20-8-12-9-21-23-17(12)11-5-6-24(10-11)18-22-14-7-13(19)3-4-15(14)26-18/h3-4,7,9,11H,2,5-6,8,10H2,1H3,(H,20,25)(H,21,23). The number of hydrogen-bond acceptors (Lipinski definition) is 5. The van der Waals surface area contributed by atoms with Gasteiger partial charge in [-0.2, -0.15) is 10.1 Å². The summed E-state index contributed by atoms with van der Waals surface area (Å²) in [5.74, 6) is -0.0606. The first-order chi connectivity index (χ1) is 12.6. The predicted octanol–water partition coefficient (Wildman–Crippen LogP) is 2.71. The Bertz CT molecular complexity index is 935. The van der Waals surface area contributed by atoms with Crippen LogP contribution in [-0.4, -0.2) is 34.2 Å². The lowest BCUT2D eigenvalue weighted by Crippen LogP contribution is -2.23. The number of carbonyl (C=O) groups is 1. The van der Waals surface area contributed by atoms with Crippen LogP contribution in [0.15, 0.2) is 28.8 Å². The van der Waals surface area contributed by atoms with Crippen molar-refractivity contribution in [1.82, 2.24) is 20.5 Å². The maximum Gasteiger partial charge on any atom is 0.298 e. The van der Waals surface area contributed by atoms with E-state index in [0.717, 1.165) is 30.8 Å². The van der Waals surface area contributed by atoms with E-state index in [1.54, 1.807) is 12.3 Å². The Morgan fingerprint density at radius 1 is 1.50 bits per heavy atom. The lowest BCUT2D eigenvalue weighted by atomic mass is 10.0. The molecule has 1 saturated heterocycles. The van der Waals surface area contributed by atoms with Crippen LogP contribution in [-0.2, 0) is 11.3 Å². The quantitative estimate of drug-likeness (QED) is 0.733. The van der Waals surface area contributed by atoms with Gasteiger partial charge in [-0.05, 0) is 18.6 Å². The molecule has 0 aliphatic carbocycles. The van der Waals surface area contributed by atoms with E-state index in [9.17, 15) is 9.18 Å². The average molecular weight is 357 g/mol. The van der Waals surface area contributed by atoms with E-state index in [0.29, 0.717) is 30.1 Å². The molecule has 2 N–H and O–H groups in total. The van der Waals surface area contributed by atoms with Gasteiger partial charge in [0.05, 0.1) is 6.20 Å². The van der Waals surface area contributed by atoms with Crippen LogP contribution >= 0.6 is 0 Å². The van der Waals surface area contributed by atoms with Gasteiger partial charge >= 0.3 is 0 Å². The van der Waals surface area contributed by atoms with Gasteiger partial charge in [0.1, 0.15) is 11.3 Å². The first kappa shape index (κ1) is 16.6. The molecule has 1 aliphatic rings. The van der Waals surface area contributed by atoms with Gasteiger partial charge in [0.2, 0.25) is 5.91 Å². The number of fused-ring (bicyclic) bond motifs is 1. The molecule has 136 valence electrons. The largest absolute Gasteiger partial charge is 0.423 e. The molecule has 0 spiro atoms. The zero-order valence-corrected chi connectivity index (χ0v) is 14.5. The number of aromatic nitrogens is 3. The van der Waals surface area contributed by atoms with Crippen LogP contribution in [0.4, 0.5) is 10.4 Å². The summed E-state index contributed by atoms with van der Waals surface area (Å²) < 4.78 is 19.1. The highest BCUT2D eigenvalue weighted by molar-refractivity contribution is 5.75. The summed E-state index contributed by atoms with van der Waals surface area (Å²) in [6.45, 7) is 3.82. The van der Waals surface area contributed by atoms with Gasteiger partial charge in [-0.15, -0.1) is 0 Å². The number of rotatable bonds is 5. The number of H-pyrrole nitrogens is 1. The van der Waals surface area contributed by atoms with Gasteiger partial charge in [0.15, 0.2) is 5.58 Å². The molecule has 8 heteroatoms. The van der Waals surface area contributed by atoms with Gasteiger partial charge in [-0.1, -0.05) is 6.92 Å². The zero-order chi connectivity index (χ0) is 18.1. The molecule has 1 amide bonds. The molecule has 4 rings (SSSR count). The maximum atomic E-state index is 13.3. The molecular weight excluding hydrogens is 337 g/mol. The van der Waals surface area contributed by atoms with Gasteiger partial charge in [-0.25, -0.2) is 4.39 Å². The summed E-state index contributed by atoms with van der Waals surface area (Å²) >= 11 is 0. The lowest BCUT2D eigenvalue weighted by Gasteiger charge is -2.14. The topological polar surface area (TPSA) is 87.0 Å². The molecule has 0 saturated carbocycles. The Labute approximate surface area is 149 Å². The van der Waals surface area contributed by atoms with E-state index in [1.807, 2.05) is 6.92 Å². The fourth-order valence-corrected chi connectivity index (χ4v) is 3.33. The minimum absolute atomic E-state index is 0.0175. The van der Waals surface area contributed by atoms with Crippen molar-refractivity contribution in [3.8, 4) is 0 Å². The van der Waals surface area contributed by atoms with Crippen LogP contribution < -0.4 is 10.2 Å². The van der Waals surface area contributed by atoms with Crippen molar-refractivity contribution >= 4 is 23.0 Å². The molecule has 2 aromatic heterocycles. The number of carbonyl (C=O) groups excluding carboxylic acids is 1. The van der Waals surface area contributed by atoms with Gasteiger partial charge in [0, 0.05) is 49.3 Å². The number of benzene rings is 1. The normalized spacial score (nSPS) is 17.2. The smallest absolute Gasteiger partial charge is 0.298 e. The summed E-state index contributed by atoms with van der Waals surface area (Å²) in [7, 11) is 0. The minimum atomic E-state index is -0.326. The second-order valence-electron chi connectivity index (χ2n) is 6.48. The SMILES string of the molecule is CCC(=O)NCc1cn[nH]c1C1CCN(c2nc3cc(F)ccc3o2)C1.